The molecule has 0 aliphatic rings. The molecule has 144 valence electrons. The maximum Gasteiger partial charge on any atom is 0.328 e. The van der Waals surface area contributed by atoms with E-state index in [1.54, 1.807) is 18.2 Å². The van der Waals surface area contributed by atoms with Crippen molar-refractivity contribution in [2.24, 2.45) is 5.92 Å². The Balaban J connectivity index is 3.00. The Labute approximate surface area is 163 Å². The van der Waals surface area contributed by atoms with Crippen LogP contribution in [0.4, 0.5) is 0 Å². The molecule has 2 atom stereocenters. The minimum absolute atomic E-state index is 0.0748. The molecule has 0 saturated carbocycles. The van der Waals surface area contributed by atoms with E-state index in [2.05, 4.69) is 10.6 Å². The molecular formula is C18H24Cl2N2O4. The second kappa shape index (κ2) is 10.4. The van der Waals surface area contributed by atoms with Gasteiger partial charge >= 0.3 is 5.97 Å². The van der Waals surface area contributed by atoms with Gasteiger partial charge in [-0.05, 0) is 30.0 Å². The number of hydrogen-bond acceptors (Lipinski definition) is 4. The summed E-state index contributed by atoms with van der Waals surface area (Å²) < 4.78 is 4.78. The lowest BCUT2D eigenvalue weighted by Gasteiger charge is -2.23. The molecule has 0 heterocycles. The highest BCUT2D eigenvalue weighted by Crippen LogP contribution is 2.25. The van der Waals surface area contributed by atoms with Gasteiger partial charge in [-0.15, -0.1) is 0 Å². The summed E-state index contributed by atoms with van der Waals surface area (Å²) in [5, 5.41) is 6.02. The number of amides is 2. The van der Waals surface area contributed by atoms with Crippen molar-refractivity contribution in [1.82, 2.24) is 10.6 Å². The van der Waals surface area contributed by atoms with Gasteiger partial charge in [-0.1, -0.05) is 43.1 Å². The van der Waals surface area contributed by atoms with Crippen LogP contribution in [0.5, 0.6) is 0 Å². The maximum absolute atomic E-state index is 12.6. The van der Waals surface area contributed by atoms with Gasteiger partial charge in [-0.3, -0.25) is 9.59 Å². The molecule has 0 unspecified atom stereocenters. The van der Waals surface area contributed by atoms with Gasteiger partial charge in [0.2, 0.25) is 11.8 Å². The van der Waals surface area contributed by atoms with Crippen LogP contribution < -0.4 is 10.6 Å². The minimum atomic E-state index is -0.978. The van der Waals surface area contributed by atoms with Crippen molar-refractivity contribution in [3.05, 3.63) is 33.8 Å². The zero-order valence-corrected chi connectivity index (χ0v) is 16.8. The Morgan fingerprint density at radius 3 is 2.12 bits per heavy atom. The summed E-state index contributed by atoms with van der Waals surface area (Å²) in [4.78, 5) is 36.1. The summed E-state index contributed by atoms with van der Waals surface area (Å²) in [7, 11) is 1.23. The molecule has 0 spiro atoms. The predicted molar refractivity (Wildman–Crippen MR) is 101 cm³/mol. The number of benzene rings is 1. The highest BCUT2D eigenvalue weighted by molar-refractivity contribution is 6.36. The number of hydrogen-bond donors (Lipinski definition) is 2. The van der Waals surface area contributed by atoms with Gasteiger partial charge in [0, 0.05) is 23.4 Å². The number of esters is 1. The highest BCUT2D eigenvalue weighted by Gasteiger charge is 2.28. The summed E-state index contributed by atoms with van der Waals surface area (Å²) in [6.45, 7) is 5.20. The molecule has 0 aromatic heterocycles. The standard InChI is InChI=1S/C18H24Cl2N2O4/c1-10(2)8-15(21-11(3)23)17(24)22-16(18(25)26-4)9-12-13(19)6-5-7-14(12)20/h5-7,10,15-16H,8-9H2,1-4H3,(H,21,23)(H,22,24)/t15-,16+/m0/s1. The number of methoxy groups -OCH3 is 1. The third-order valence-electron chi connectivity index (χ3n) is 3.67. The van der Waals surface area contributed by atoms with Crippen LogP contribution in [-0.2, 0) is 25.5 Å². The molecular weight excluding hydrogens is 379 g/mol. The third-order valence-corrected chi connectivity index (χ3v) is 4.38. The first-order valence-corrected chi connectivity index (χ1v) is 8.99. The molecule has 1 aromatic rings. The lowest BCUT2D eigenvalue weighted by molar-refractivity contribution is -0.145. The smallest absolute Gasteiger partial charge is 0.328 e. The van der Waals surface area contributed by atoms with Crippen molar-refractivity contribution in [3.8, 4) is 0 Å². The predicted octanol–water partition coefficient (Wildman–Crippen LogP) is 2.74. The zero-order valence-electron chi connectivity index (χ0n) is 15.3. The van der Waals surface area contributed by atoms with Crippen molar-refractivity contribution in [3.63, 3.8) is 0 Å². The van der Waals surface area contributed by atoms with Crippen molar-refractivity contribution in [2.45, 2.75) is 45.7 Å². The number of nitrogens with one attached hydrogen (secondary N) is 2. The monoisotopic (exact) mass is 402 g/mol. The van der Waals surface area contributed by atoms with Crippen LogP contribution in [0.15, 0.2) is 18.2 Å². The van der Waals surface area contributed by atoms with Crippen LogP contribution >= 0.6 is 23.2 Å². The second-order valence-corrected chi connectivity index (χ2v) is 7.19. The van der Waals surface area contributed by atoms with Crippen LogP contribution in [0, 0.1) is 5.92 Å². The fraction of sp³-hybridized carbons (Fsp3) is 0.500. The number of halogens is 2. The molecule has 0 aliphatic carbocycles. The van der Waals surface area contributed by atoms with E-state index in [-0.39, 0.29) is 18.2 Å². The van der Waals surface area contributed by atoms with E-state index < -0.39 is 24.0 Å². The molecule has 1 aromatic carbocycles. The molecule has 1 rings (SSSR count). The van der Waals surface area contributed by atoms with Crippen molar-refractivity contribution in [1.29, 1.82) is 0 Å². The molecule has 2 N–H and O–H groups in total. The van der Waals surface area contributed by atoms with E-state index in [0.29, 0.717) is 22.0 Å². The van der Waals surface area contributed by atoms with Crippen molar-refractivity contribution >= 4 is 41.0 Å². The first-order valence-electron chi connectivity index (χ1n) is 8.23. The van der Waals surface area contributed by atoms with Gasteiger partial charge in [0.15, 0.2) is 0 Å². The van der Waals surface area contributed by atoms with Crippen LogP contribution in [0.25, 0.3) is 0 Å². The molecule has 6 nitrogen and oxygen atoms in total. The van der Waals surface area contributed by atoms with Gasteiger partial charge in [0.1, 0.15) is 12.1 Å². The topological polar surface area (TPSA) is 84.5 Å². The van der Waals surface area contributed by atoms with Crippen molar-refractivity contribution < 1.29 is 19.1 Å². The molecule has 0 saturated heterocycles. The quantitative estimate of drug-likeness (QED) is 0.654. The molecule has 0 radical (unpaired) electrons. The molecule has 26 heavy (non-hydrogen) atoms. The summed E-state index contributed by atoms with van der Waals surface area (Å²) in [5.41, 5.74) is 0.534. The average Bonchev–Trinajstić information content (AvgIpc) is 2.54. The lowest BCUT2D eigenvalue weighted by Crippen LogP contribution is -2.52. The summed E-state index contributed by atoms with van der Waals surface area (Å²) >= 11 is 12.3. The fourth-order valence-corrected chi connectivity index (χ4v) is 3.04. The van der Waals surface area contributed by atoms with Gasteiger partial charge in [-0.25, -0.2) is 4.79 Å². The minimum Gasteiger partial charge on any atom is -0.467 e. The normalized spacial score (nSPS) is 13.0. The van der Waals surface area contributed by atoms with Crippen LogP contribution in [0.3, 0.4) is 0 Å². The molecule has 0 fully saturated rings. The van der Waals surface area contributed by atoms with E-state index in [1.807, 2.05) is 13.8 Å². The second-order valence-electron chi connectivity index (χ2n) is 6.37. The van der Waals surface area contributed by atoms with Crippen LogP contribution in [0.1, 0.15) is 32.8 Å². The van der Waals surface area contributed by atoms with Gasteiger partial charge < -0.3 is 15.4 Å². The third kappa shape index (κ3) is 6.84. The first kappa shape index (κ1) is 22.3. The number of carbonyl (C=O) groups is 3. The first-order chi connectivity index (χ1) is 12.1. The maximum atomic E-state index is 12.6. The van der Waals surface area contributed by atoms with E-state index >= 15 is 0 Å². The number of ether oxygens (including phenoxy) is 1. The van der Waals surface area contributed by atoms with E-state index in [1.165, 1.54) is 14.0 Å². The van der Waals surface area contributed by atoms with Gasteiger partial charge in [0.25, 0.3) is 0 Å². The Bertz CT molecular complexity index is 644. The zero-order chi connectivity index (χ0) is 19.9. The molecule has 8 heteroatoms. The van der Waals surface area contributed by atoms with E-state index in [0.717, 1.165) is 0 Å². The van der Waals surface area contributed by atoms with E-state index in [4.69, 9.17) is 27.9 Å². The molecule has 0 bridgehead atoms. The number of rotatable bonds is 8. The summed E-state index contributed by atoms with van der Waals surface area (Å²) in [5.74, 6) is -1.24. The Morgan fingerprint density at radius 2 is 1.65 bits per heavy atom. The summed E-state index contributed by atoms with van der Waals surface area (Å²) in [6.07, 6.45) is 0.511. The Morgan fingerprint density at radius 1 is 1.08 bits per heavy atom. The Kier molecular flexibility index (Phi) is 8.88. The van der Waals surface area contributed by atoms with Crippen LogP contribution in [0.2, 0.25) is 10.0 Å². The van der Waals surface area contributed by atoms with Crippen molar-refractivity contribution in [2.75, 3.05) is 7.11 Å². The van der Waals surface area contributed by atoms with Gasteiger partial charge in [0.05, 0.1) is 7.11 Å². The lowest BCUT2D eigenvalue weighted by atomic mass is 10.0. The SMILES string of the molecule is COC(=O)[C@@H](Cc1c(Cl)cccc1Cl)NC(=O)[C@H](CC(C)C)NC(C)=O. The molecule has 0 aliphatic heterocycles. The summed E-state index contributed by atoms with van der Waals surface area (Å²) in [6, 6.07) is 3.26. The average molecular weight is 403 g/mol. The fourth-order valence-electron chi connectivity index (χ4n) is 2.49. The number of carbonyl (C=O) groups excluding carboxylic acids is 3. The highest BCUT2D eigenvalue weighted by atomic mass is 35.5. The van der Waals surface area contributed by atoms with Gasteiger partial charge in [-0.2, -0.15) is 0 Å². The van der Waals surface area contributed by atoms with Crippen LogP contribution in [-0.4, -0.2) is 37.0 Å². The molecule has 2 amide bonds. The van der Waals surface area contributed by atoms with E-state index in [9.17, 15) is 14.4 Å². The largest absolute Gasteiger partial charge is 0.467 e. The Hall–Kier alpha value is -1.79.